The van der Waals surface area contributed by atoms with Gasteiger partial charge in [-0.25, -0.2) is 4.98 Å². The zero-order chi connectivity index (χ0) is 19.3. The quantitative estimate of drug-likeness (QED) is 0.659. The van der Waals surface area contributed by atoms with Crippen LogP contribution < -0.4 is 5.32 Å². The molecule has 0 unspecified atom stereocenters. The van der Waals surface area contributed by atoms with Crippen molar-refractivity contribution in [1.82, 2.24) is 14.8 Å². The van der Waals surface area contributed by atoms with Gasteiger partial charge in [-0.3, -0.25) is 14.6 Å². The van der Waals surface area contributed by atoms with Crippen molar-refractivity contribution in [2.75, 3.05) is 31.5 Å². The fourth-order valence-corrected chi connectivity index (χ4v) is 3.94. The number of hydrogen-bond acceptors (Lipinski definition) is 6. The molecule has 0 aliphatic carbocycles. The van der Waals surface area contributed by atoms with Crippen LogP contribution in [0.1, 0.15) is 21.9 Å². The Morgan fingerprint density at radius 1 is 1.11 bits per heavy atom. The molecule has 3 heterocycles. The highest BCUT2D eigenvalue weighted by Crippen LogP contribution is 2.16. The third kappa shape index (κ3) is 4.99. The van der Waals surface area contributed by atoms with Crippen molar-refractivity contribution in [2.45, 2.75) is 13.1 Å². The molecule has 1 aliphatic rings. The Bertz CT molecular complexity index is 903. The third-order valence-corrected chi connectivity index (χ3v) is 5.68. The van der Waals surface area contributed by atoms with E-state index in [0.29, 0.717) is 23.1 Å². The molecule has 1 saturated heterocycles. The first kappa shape index (κ1) is 19.1. The molecule has 1 aromatic carbocycles. The number of carbonyl (C=O) groups is 1. The van der Waals surface area contributed by atoms with Crippen LogP contribution in [0.4, 0.5) is 5.69 Å². The van der Waals surface area contributed by atoms with Crippen LogP contribution in [-0.2, 0) is 13.1 Å². The van der Waals surface area contributed by atoms with Gasteiger partial charge in [0.1, 0.15) is 6.26 Å². The number of oxazole rings is 1. The Balaban J connectivity index is 1.26. The van der Waals surface area contributed by atoms with Crippen LogP contribution >= 0.6 is 22.9 Å². The molecule has 0 atom stereocenters. The molecule has 1 aliphatic heterocycles. The van der Waals surface area contributed by atoms with Crippen molar-refractivity contribution in [1.29, 1.82) is 0 Å². The molecule has 0 radical (unpaired) electrons. The van der Waals surface area contributed by atoms with E-state index in [4.69, 9.17) is 16.0 Å². The lowest BCUT2D eigenvalue weighted by atomic mass is 10.2. The van der Waals surface area contributed by atoms with Crippen molar-refractivity contribution < 1.29 is 9.21 Å². The van der Waals surface area contributed by atoms with Gasteiger partial charge in [-0.15, -0.1) is 0 Å². The summed E-state index contributed by atoms with van der Waals surface area (Å²) in [7, 11) is 0. The molecule has 3 aromatic rings. The van der Waals surface area contributed by atoms with Gasteiger partial charge in [-0.2, -0.15) is 11.3 Å². The SMILES string of the molecule is O=C(Nc1ccc(Cl)cc1)c1coc(CN2CCN(Cc3ccsc3)CC2)n1. The second kappa shape index (κ2) is 8.87. The van der Waals surface area contributed by atoms with Crippen LogP contribution in [0.2, 0.25) is 5.02 Å². The first-order chi connectivity index (χ1) is 13.7. The van der Waals surface area contributed by atoms with Gasteiger partial charge in [0.2, 0.25) is 5.89 Å². The number of aromatic nitrogens is 1. The Hall–Kier alpha value is -2.19. The molecule has 0 saturated carbocycles. The molecule has 1 N–H and O–H groups in total. The molecule has 146 valence electrons. The monoisotopic (exact) mass is 416 g/mol. The standard InChI is InChI=1S/C20H21ClN4O2S/c21-16-1-3-17(4-2-16)22-20(26)18-13-27-19(23-18)12-25-8-6-24(7-9-25)11-15-5-10-28-14-15/h1-5,10,13-14H,6-9,11-12H2,(H,22,26). The summed E-state index contributed by atoms with van der Waals surface area (Å²) in [6.45, 7) is 5.56. The predicted octanol–water partition coefficient (Wildman–Crippen LogP) is 3.96. The lowest BCUT2D eigenvalue weighted by molar-refractivity contribution is 0.102. The van der Waals surface area contributed by atoms with E-state index in [-0.39, 0.29) is 11.6 Å². The third-order valence-electron chi connectivity index (χ3n) is 4.70. The van der Waals surface area contributed by atoms with Crippen molar-refractivity contribution in [3.8, 4) is 0 Å². The summed E-state index contributed by atoms with van der Waals surface area (Å²) in [5.74, 6) is 0.269. The minimum absolute atomic E-state index is 0.279. The van der Waals surface area contributed by atoms with Crippen molar-refractivity contribution in [3.05, 3.63) is 69.5 Å². The summed E-state index contributed by atoms with van der Waals surface area (Å²) in [6, 6.07) is 9.13. The lowest BCUT2D eigenvalue weighted by Crippen LogP contribution is -2.45. The van der Waals surface area contributed by atoms with Crippen LogP contribution in [0.3, 0.4) is 0 Å². The summed E-state index contributed by atoms with van der Waals surface area (Å²) in [6.07, 6.45) is 1.41. The average Bonchev–Trinajstić information content (AvgIpc) is 3.37. The average molecular weight is 417 g/mol. The second-order valence-electron chi connectivity index (χ2n) is 6.77. The topological polar surface area (TPSA) is 61.6 Å². The number of thiophene rings is 1. The molecule has 0 bridgehead atoms. The van der Waals surface area contributed by atoms with Gasteiger partial charge in [-0.1, -0.05) is 11.6 Å². The Morgan fingerprint density at radius 2 is 1.82 bits per heavy atom. The number of carbonyl (C=O) groups excluding carboxylic acids is 1. The molecule has 8 heteroatoms. The number of amides is 1. The second-order valence-corrected chi connectivity index (χ2v) is 7.99. The van der Waals surface area contributed by atoms with E-state index < -0.39 is 0 Å². The first-order valence-corrected chi connectivity index (χ1v) is 10.4. The zero-order valence-electron chi connectivity index (χ0n) is 15.3. The maximum Gasteiger partial charge on any atom is 0.277 e. The van der Waals surface area contributed by atoms with Crippen molar-refractivity contribution in [2.24, 2.45) is 0 Å². The summed E-state index contributed by atoms with van der Waals surface area (Å²) in [5, 5.41) is 7.74. The fraction of sp³-hybridized carbons (Fsp3) is 0.300. The predicted molar refractivity (Wildman–Crippen MR) is 111 cm³/mol. The molecular formula is C20H21ClN4O2S. The van der Waals surface area contributed by atoms with Crippen molar-refractivity contribution in [3.63, 3.8) is 0 Å². The van der Waals surface area contributed by atoms with Crippen LogP contribution in [0.15, 0.2) is 51.8 Å². The van der Waals surface area contributed by atoms with Crippen LogP contribution in [0, 0.1) is 0 Å². The van der Waals surface area contributed by atoms with E-state index in [2.05, 4.69) is 36.9 Å². The Labute approximate surface area is 172 Å². The van der Waals surface area contributed by atoms with E-state index in [9.17, 15) is 4.79 Å². The molecule has 2 aromatic heterocycles. The highest BCUT2D eigenvalue weighted by molar-refractivity contribution is 7.07. The van der Waals surface area contributed by atoms with Gasteiger partial charge in [0.05, 0.1) is 6.54 Å². The van der Waals surface area contributed by atoms with E-state index in [1.807, 2.05) is 0 Å². The zero-order valence-corrected chi connectivity index (χ0v) is 16.9. The van der Waals surface area contributed by atoms with Crippen LogP contribution in [-0.4, -0.2) is 46.9 Å². The number of rotatable bonds is 6. The van der Waals surface area contributed by atoms with E-state index in [1.54, 1.807) is 35.6 Å². The first-order valence-electron chi connectivity index (χ1n) is 9.13. The number of hydrogen-bond donors (Lipinski definition) is 1. The Kier molecular flexibility index (Phi) is 6.07. The summed E-state index contributed by atoms with van der Waals surface area (Å²) >= 11 is 7.60. The molecule has 28 heavy (non-hydrogen) atoms. The number of halogens is 1. The number of anilines is 1. The minimum Gasteiger partial charge on any atom is -0.447 e. The van der Waals surface area contributed by atoms with Gasteiger partial charge < -0.3 is 9.73 Å². The highest BCUT2D eigenvalue weighted by atomic mass is 35.5. The number of piperazine rings is 1. The normalized spacial score (nSPS) is 15.6. The Morgan fingerprint density at radius 3 is 2.50 bits per heavy atom. The van der Waals surface area contributed by atoms with Gasteiger partial charge in [0.15, 0.2) is 5.69 Å². The van der Waals surface area contributed by atoms with E-state index in [0.717, 1.165) is 32.7 Å². The van der Waals surface area contributed by atoms with Crippen LogP contribution in [0.5, 0.6) is 0 Å². The number of benzene rings is 1. The number of nitrogens with one attached hydrogen (secondary N) is 1. The highest BCUT2D eigenvalue weighted by Gasteiger charge is 2.20. The number of nitrogens with zero attached hydrogens (tertiary/aromatic N) is 3. The molecule has 1 fully saturated rings. The summed E-state index contributed by atoms with van der Waals surface area (Å²) < 4.78 is 5.51. The maximum atomic E-state index is 12.3. The molecule has 6 nitrogen and oxygen atoms in total. The molecular weight excluding hydrogens is 396 g/mol. The fourth-order valence-electron chi connectivity index (χ4n) is 3.15. The van der Waals surface area contributed by atoms with Crippen LogP contribution in [0.25, 0.3) is 0 Å². The molecule has 4 rings (SSSR count). The molecule has 1 amide bonds. The van der Waals surface area contributed by atoms with Gasteiger partial charge in [-0.05, 0) is 46.7 Å². The summed E-state index contributed by atoms with van der Waals surface area (Å²) in [4.78, 5) is 21.4. The van der Waals surface area contributed by atoms with E-state index in [1.165, 1.54) is 11.8 Å². The van der Waals surface area contributed by atoms with E-state index >= 15 is 0 Å². The van der Waals surface area contributed by atoms with Gasteiger partial charge >= 0.3 is 0 Å². The van der Waals surface area contributed by atoms with Gasteiger partial charge in [0, 0.05) is 43.4 Å². The lowest BCUT2D eigenvalue weighted by Gasteiger charge is -2.33. The molecule has 0 spiro atoms. The van der Waals surface area contributed by atoms with Gasteiger partial charge in [0.25, 0.3) is 5.91 Å². The smallest absolute Gasteiger partial charge is 0.277 e. The minimum atomic E-state index is -0.294. The largest absolute Gasteiger partial charge is 0.447 e. The summed E-state index contributed by atoms with van der Waals surface area (Å²) in [5.41, 5.74) is 2.32. The van der Waals surface area contributed by atoms with Crippen molar-refractivity contribution >= 4 is 34.5 Å². The maximum absolute atomic E-state index is 12.3.